The standard InChI is InChI=1S/C17H23FN2O2/c18-15-4-1-3-14(13-15)17(5-2-6-17)16(21)19-7-8-20-9-11-22-12-10-20/h1,3-4,13H,2,5-12H2,(H,19,21). The summed E-state index contributed by atoms with van der Waals surface area (Å²) in [4.78, 5) is 14.9. The number of benzene rings is 1. The second-order valence-electron chi connectivity index (χ2n) is 6.16. The zero-order valence-electron chi connectivity index (χ0n) is 12.8. The van der Waals surface area contributed by atoms with Crippen LogP contribution in [0.25, 0.3) is 0 Å². The van der Waals surface area contributed by atoms with Gasteiger partial charge in [0.1, 0.15) is 5.82 Å². The van der Waals surface area contributed by atoms with E-state index >= 15 is 0 Å². The van der Waals surface area contributed by atoms with Gasteiger partial charge < -0.3 is 10.1 Å². The van der Waals surface area contributed by atoms with E-state index in [0.29, 0.717) is 6.54 Å². The lowest BCUT2D eigenvalue weighted by molar-refractivity contribution is -0.130. The van der Waals surface area contributed by atoms with Gasteiger partial charge >= 0.3 is 0 Å². The summed E-state index contributed by atoms with van der Waals surface area (Å²) in [6.07, 6.45) is 2.63. The molecule has 0 unspecified atom stereocenters. The molecule has 1 heterocycles. The minimum atomic E-state index is -0.521. The van der Waals surface area contributed by atoms with Crippen LogP contribution in [0.15, 0.2) is 24.3 Å². The molecule has 1 amide bonds. The zero-order valence-corrected chi connectivity index (χ0v) is 12.8. The first-order chi connectivity index (χ1) is 10.7. The van der Waals surface area contributed by atoms with E-state index < -0.39 is 5.41 Å². The average Bonchev–Trinajstić information content (AvgIpc) is 2.47. The number of amides is 1. The monoisotopic (exact) mass is 306 g/mol. The Morgan fingerprint density at radius 2 is 2.09 bits per heavy atom. The van der Waals surface area contributed by atoms with Gasteiger partial charge in [-0.2, -0.15) is 0 Å². The number of hydrogen-bond acceptors (Lipinski definition) is 3. The van der Waals surface area contributed by atoms with Gasteiger partial charge in [-0.1, -0.05) is 18.6 Å². The van der Waals surface area contributed by atoms with Crippen molar-refractivity contribution in [2.45, 2.75) is 24.7 Å². The fourth-order valence-electron chi connectivity index (χ4n) is 3.28. The number of nitrogens with zero attached hydrogens (tertiary/aromatic N) is 1. The molecule has 2 fully saturated rings. The molecule has 1 aliphatic heterocycles. The van der Waals surface area contributed by atoms with Crippen LogP contribution in [-0.4, -0.2) is 50.2 Å². The molecule has 1 N–H and O–H groups in total. The van der Waals surface area contributed by atoms with E-state index in [1.807, 2.05) is 6.07 Å². The molecule has 0 spiro atoms. The summed E-state index contributed by atoms with van der Waals surface area (Å²) < 4.78 is 18.8. The van der Waals surface area contributed by atoms with Gasteiger partial charge in [0, 0.05) is 26.2 Å². The Balaban J connectivity index is 1.57. The molecule has 0 bridgehead atoms. The first-order valence-electron chi connectivity index (χ1n) is 8.05. The van der Waals surface area contributed by atoms with Gasteiger partial charge in [0.15, 0.2) is 0 Å². The van der Waals surface area contributed by atoms with Crippen LogP contribution in [-0.2, 0) is 14.9 Å². The van der Waals surface area contributed by atoms with Crippen molar-refractivity contribution in [2.75, 3.05) is 39.4 Å². The van der Waals surface area contributed by atoms with E-state index in [2.05, 4.69) is 10.2 Å². The molecule has 120 valence electrons. The van der Waals surface area contributed by atoms with Crippen LogP contribution in [0.5, 0.6) is 0 Å². The third-order valence-corrected chi connectivity index (χ3v) is 4.84. The molecule has 5 heteroatoms. The average molecular weight is 306 g/mol. The smallest absolute Gasteiger partial charge is 0.230 e. The van der Waals surface area contributed by atoms with Gasteiger partial charge in [-0.05, 0) is 30.5 Å². The molecular weight excluding hydrogens is 283 g/mol. The molecule has 0 atom stereocenters. The lowest BCUT2D eigenvalue weighted by Crippen LogP contribution is -2.51. The molecule has 1 aromatic carbocycles. The van der Waals surface area contributed by atoms with Gasteiger partial charge in [0.2, 0.25) is 5.91 Å². The molecular formula is C17H23FN2O2. The molecule has 1 aliphatic carbocycles. The van der Waals surface area contributed by atoms with Crippen LogP contribution in [0, 0.1) is 5.82 Å². The molecule has 0 aromatic heterocycles. The third-order valence-electron chi connectivity index (χ3n) is 4.84. The summed E-state index contributed by atoms with van der Waals surface area (Å²) in [6, 6.07) is 6.47. The fraction of sp³-hybridized carbons (Fsp3) is 0.588. The summed E-state index contributed by atoms with van der Waals surface area (Å²) in [7, 11) is 0. The van der Waals surface area contributed by atoms with Crippen molar-refractivity contribution >= 4 is 5.91 Å². The molecule has 22 heavy (non-hydrogen) atoms. The Kier molecular flexibility index (Phi) is 4.74. The van der Waals surface area contributed by atoms with Crippen LogP contribution in [0.1, 0.15) is 24.8 Å². The Labute approximate surface area is 130 Å². The van der Waals surface area contributed by atoms with Gasteiger partial charge in [-0.25, -0.2) is 4.39 Å². The third kappa shape index (κ3) is 3.15. The number of rotatable bonds is 5. The zero-order chi connectivity index (χ0) is 15.4. The van der Waals surface area contributed by atoms with E-state index in [4.69, 9.17) is 4.74 Å². The number of halogens is 1. The van der Waals surface area contributed by atoms with Crippen molar-refractivity contribution in [3.63, 3.8) is 0 Å². The first-order valence-corrected chi connectivity index (χ1v) is 8.05. The Morgan fingerprint density at radius 3 is 2.73 bits per heavy atom. The largest absolute Gasteiger partial charge is 0.379 e. The normalized spacial score (nSPS) is 21.1. The van der Waals surface area contributed by atoms with Gasteiger partial charge in [0.05, 0.1) is 18.6 Å². The van der Waals surface area contributed by atoms with Gasteiger partial charge in [-0.3, -0.25) is 9.69 Å². The Hall–Kier alpha value is -1.46. The predicted molar refractivity (Wildman–Crippen MR) is 82.2 cm³/mol. The second-order valence-corrected chi connectivity index (χ2v) is 6.16. The van der Waals surface area contributed by atoms with Crippen LogP contribution < -0.4 is 5.32 Å². The highest BCUT2D eigenvalue weighted by atomic mass is 19.1. The number of hydrogen-bond donors (Lipinski definition) is 1. The topological polar surface area (TPSA) is 41.6 Å². The quantitative estimate of drug-likeness (QED) is 0.900. The molecule has 1 saturated carbocycles. The van der Waals surface area contributed by atoms with Crippen molar-refractivity contribution in [2.24, 2.45) is 0 Å². The summed E-state index contributed by atoms with van der Waals surface area (Å²) in [5.74, 6) is -0.234. The maximum atomic E-state index is 13.5. The maximum absolute atomic E-state index is 13.5. The van der Waals surface area contributed by atoms with Crippen molar-refractivity contribution in [1.82, 2.24) is 10.2 Å². The number of morpholine rings is 1. The van der Waals surface area contributed by atoms with E-state index in [0.717, 1.165) is 57.7 Å². The van der Waals surface area contributed by atoms with E-state index in [-0.39, 0.29) is 11.7 Å². The van der Waals surface area contributed by atoms with Crippen LogP contribution in [0.3, 0.4) is 0 Å². The molecule has 2 aliphatic rings. The molecule has 1 aromatic rings. The second kappa shape index (κ2) is 6.75. The number of carbonyl (C=O) groups is 1. The van der Waals surface area contributed by atoms with Crippen molar-refractivity contribution in [3.8, 4) is 0 Å². The van der Waals surface area contributed by atoms with E-state index in [1.165, 1.54) is 12.1 Å². The molecule has 1 saturated heterocycles. The highest BCUT2D eigenvalue weighted by Crippen LogP contribution is 2.44. The lowest BCUT2D eigenvalue weighted by atomic mass is 9.64. The summed E-state index contributed by atoms with van der Waals surface area (Å²) in [6.45, 7) is 4.85. The van der Waals surface area contributed by atoms with Crippen LogP contribution in [0.4, 0.5) is 4.39 Å². The van der Waals surface area contributed by atoms with E-state index in [1.54, 1.807) is 6.07 Å². The molecule has 0 radical (unpaired) electrons. The van der Waals surface area contributed by atoms with Gasteiger partial charge in [0.25, 0.3) is 0 Å². The van der Waals surface area contributed by atoms with Crippen molar-refractivity contribution in [3.05, 3.63) is 35.6 Å². The Bertz CT molecular complexity index is 525. The summed E-state index contributed by atoms with van der Waals surface area (Å²) in [5, 5.41) is 3.05. The summed E-state index contributed by atoms with van der Waals surface area (Å²) in [5.41, 5.74) is 0.287. The minimum absolute atomic E-state index is 0.0395. The number of nitrogens with one attached hydrogen (secondary N) is 1. The fourth-order valence-corrected chi connectivity index (χ4v) is 3.28. The number of ether oxygens (including phenoxy) is 1. The van der Waals surface area contributed by atoms with E-state index in [9.17, 15) is 9.18 Å². The number of carbonyl (C=O) groups excluding carboxylic acids is 1. The maximum Gasteiger partial charge on any atom is 0.230 e. The van der Waals surface area contributed by atoms with Crippen molar-refractivity contribution in [1.29, 1.82) is 0 Å². The Morgan fingerprint density at radius 1 is 1.32 bits per heavy atom. The van der Waals surface area contributed by atoms with Crippen LogP contribution >= 0.6 is 0 Å². The highest BCUT2D eigenvalue weighted by molar-refractivity contribution is 5.89. The predicted octanol–water partition coefficient (Wildman–Crippen LogP) is 1.70. The minimum Gasteiger partial charge on any atom is -0.379 e. The van der Waals surface area contributed by atoms with Gasteiger partial charge in [-0.15, -0.1) is 0 Å². The van der Waals surface area contributed by atoms with Crippen LogP contribution in [0.2, 0.25) is 0 Å². The molecule has 3 rings (SSSR count). The SMILES string of the molecule is O=C(NCCN1CCOCC1)C1(c2cccc(F)c2)CCC1. The lowest BCUT2D eigenvalue weighted by Gasteiger charge is -2.41. The van der Waals surface area contributed by atoms with Crippen molar-refractivity contribution < 1.29 is 13.9 Å². The summed E-state index contributed by atoms with van der Waals surface area (Å²) >= 11 is 0. The molecule has 4 nitrogen and oxygen atoms in total. The first kappa shape index (κ1) is 15.4. The highest BCUT2D eigenvalue weighted by Gasteiger charge is 2.45.